The van der Waals surface area contributed by atoms with Gasteiger partial charge >= 0.3 is 0 Å². The van der Waals surface area contributed by atoms with Gasteiger partial charge in [0, 0.05) is 12.1 Å². The summed E-state index contributed by atoms with van der Waals surface area (Å²) in [7, 11) is 0. The monoisotopic (exact) mass is 480 g/mol. The molecule has 0 N–H and O–H groups in total. The van der Waals surface area contributed by atoms with Crippen LogP contribution in [0.4, 0.5) is 0 Å². The van der Waals surface area contributed by atoms with Crippen LogP contribution < -0.4 is 9.47 Å². The molecule has 0 saturated carbocycles. The number of rotatable bonds is 11. The van der Waals surface area contributed by atoms with Gasteiger partial charge in [-0.2, -0.15) is 0 Å². The van der Waals surface area contributed by atoms with Gasteiger partial charge in [0.05, 0.1) is 29.4 Å². The van der Waals surface area contributed by atoms with Crippen molar-refractivity contribution < 1.29 is 14.2 Å². The molecule has 0 saturated heterocycles. The highest BCUT2D eigenvalue weighted by Gasteiger charge is 2.11. The summed E-state index contributed by atoms with van der Waals surface area (Å²) in [6.07, 6.45) is 4.72. The predicted molar refractivity (Wildman–Crippen MR) is 112 cm³/mol. The van der Waals surface area contributed by atoms with Gasteiger partial charge < -0.3 is 14.2 Å². The van der Waals surface area contributed by atoms with E-state index in [1.54, 1.807) is 18.2 Å². The maximum absolute atomic E-state index is 6.20. The molecule has 0 bridgehead atoms. The van der Waals surface area contributed by atoms with Crippen molar-refractivity contribution in [3.8, 4) is 11.5 Å². The fraction of sp³-hybridized carbons (Fsp3) is 0.412. The molecular weight excluding hydrogens is 465 g/mol. The number of halogens is 6. The zero-order valence-corrected chi connectivity index (χ0v) is 18.5. The van der Waals surface area contributed by atoms with E-state index in [2.05, 4.69) is 0 Å². The van der Waals surface area contributed by atoms with Gasteiger partial charge in [-0.3, -0.25) is 0 Å². The number of hydrogen-bond acceptors (Lipinski definition) is 3. The molecule has 0 heterocycles. The van der Waals surface area contributed by atoms with Crippen molar-refractivity contribution in [1.82, 2.24) is 0 Å². The van der Waals surface area contributed by atoms with Gasteiger partial charge in [-0.15, -0.1) is 0 Å². The minimum atomic E-state index is 0.0473. The van der Waals surface area contributed by atoms with E-state index in [4.69, 9.17) is 83.8 Å². The zero-order valence-electron chi connectivity index (χ0n) is 13.9. The highest BCUT2D eigenvalue weighted by atomic mass is 35.5. The Labute approximate surface area is 183 Å². The molecule has 26 heavy (non-hydrogen) atoms. The minimum absolute atomic E-state index is 0.0473. The van der Waals surface area contributed by atoms with E-state index in [-0.39, 0.29) is 21.7 Å². The molecule has 1 aromatic rings. The molecule has 1 aromatic carbocycles. The molecule has 1 atom stereocenters. The van der Waals surface area contributed by atoms with Crippen LogP contribution in [0.5, 0.6) is 11.5 Å². The number of ether oxygens (including phenoxy) is 3. The van der Waals surface area contributed by atoms with E-state index in [0.717, 1.165) is 12.8 Å². The number of benzene rings is 1. The lowest BCUT2D eigenvalue weighted by Crippen LogP contribution is -2.10. The van der Waals surface area contributed by atoms with Crippen LogP contribution in [-0.2, 0) is 4.74 Å². The third kappa shape index (κ3) is 10.4. The van der Waals surface area contributed by atoms with Crippen LogP contribution in [0, 0.1) is 0 Å². The lowest BCUT2D eigenvalue weighted by molar-refractivity contribution is 0.0768. The Kier molecular flexibility index (Phi) is 12.2. The van der Waals surface area contributed by atoms with Crippen LogP contribution in [-0.4, -0.2) is 25.9 Å². The van der Waals surface area contributed by atoms with Crippen molar-refractivity contribution in [1.29, 1.82) is 0 Å². The van der Waals surface area contributed by atoms with Gasteiger partial charge in [0.15, 0.2) is 5.75 Å². The average Bonchev–Trinajstić information content (AvgIpc) is 2.52. The van der Waals surface area contributed by atoms with E-state index >= 15 is 0 Å². The molecule has 3 nitrogen and oxygen atoms in total. The second-order valence-electron chi connectivity index (χ2n) is 5.15. The van der Waals surface area contributed by atoms with Crippen molar-refractivity contribution in [2.75, 3.05) is 19.8 Å². The third-order valence-electron chi connectivity index (χ3n) is 3.08. The first-order valence-electron chi connectivity index (χ1n) is 7.68. The molecular formula is C17H18Cl6O3. The standard InChI is InChI=1S/C17H18Cl6O3/c1-11(24-7-4-15(20)21)3-2-6-26-17-13(18)9-12(10-14(17)19)25-8-5-16(22)23/h4-5,9-11H,2-3,6-8H2,1H3. The summed E-state index contributed by atoms with van der Waals surface area (Å²) in [5, 5.41) is 0.722. The van der Waals surface area contributed by atoms with Crippen LogP contribution in [0.25, 0.3) is 0 Å². The predicted octanol–water partition coefficient (Wildman–Crippen LogP) is 7.57. The van der Waals surface area contributed by atoms with Crippen LogP contribution in [0.2, 0.25) is 10.0 Å². The third-order valence-corrected chi connectivity index (χ3v) is 4.26. The minimum Gasteiger partial charge on any atom is -0.490 e. The normalized spacial score (nSPS) is 11.7. The molecule has 0 aromatic heterocycles. The Morgan fingerprint density at radius 1 is 0.962 bits per heavy atom. The summed E-state index contributed by atoms with van der Waals surface area (Å²) >= 11 is 34.5. The Morgan fingerprint density at radius 2 is 1.54 bits per heavy atom. The second kappa shape index (κ2) is 13.2. The van der Waals surface area contributed by atoms with Gasteiger partial charge in [-0.1, -0.05) is 69.6 Å². The van der Waals surface area contributed by atoms with Crippen molar-refractivity contribution >= 4 is 69.6 Å². The molecule has 0 radical (unpaired) electrons. The van der Waals surface area contributed by atoms with E-state index in [1.165, 1.54) is 6.08 Å². The van der Waals surface area contributed by atoms with E-state index < -0.39 is 0 Å². The van der Waals surface area contributed by atoms with Gasteiger partial charge in [-0.25, -0.2) is 0 Å². The lowest BCUT2D eigenvalue weighted by atomic mass is 10.2. The summed E-state index contributed by atoms with van der Waals surface area (Å²) in [6, 6.07) is 3.24. The second-order valence-corrected chi connectivity index (χ2v) is 7.98. The fourth-order valence-corrected chi connectivity index (χ4v) is 2.69. The molecule has 9 heteroatoms. The Balaban J connectivity index is 2.43. The zero-order chi connectivity index (χ0) is 19.5. The highest BCUT2D eigenvalue weighted by Crippen LogP contribution is 2.37. The molecule has 0 amide bonds. The summed E-state index contributed by atoms with van der Waals surface area (Å²) < 4.78 is 17.0. The first kappa shape index (κ1) is 24.0. The number of hydrogen-bond donors (Lipinski definition) is 0. The fourth-order valence-electron chi connectivity index (χ4n) is 1.86. The quantitative estimate of drug-likeness (QED) is 0.304. The largest absolute Gasteiger partial charge is 0.490 e. The summed E-state index contributed by atoms with van der Waals surface area (Å²) in [4.78, 5) is 0. The topological polar surface area (TPSA) is 27.7 Å². The van der Waals surface area contributed by atoms with Crippen LogP contribution in [0.1, 0.15) is 19.8 Å². The SMILES string of the molecule is CC(CCCOc1c(Cl)cc(OCC=C(Cl)Cl)cc1Cl)OCC=C(Cl)Cl. The van der Waals surface area contributed by atoms with E-state index in [9.17, 15) is 0 Å². The van der Waals surface area contributed by atoms with E-state index in [0.29, 0.717) is 34.8 Å². The first-order chi connectivity index (χ1) is 12.3. The van der Waals surface area contributed by atoms with Crippen LogP contribution in [0.3, 0.4) is 0 Å². The summed E-state index contributed by atoms with van der Waals surface area (Å²) in [6.45, 7) is 2.98. The van der Waals surface area contributed by atoms with Gasteiger partial charge in [0.25, 0.3) is 0 Å². The Morgan fingerprint density at radius 3 is 2.12 bits per heavy atom. The summed E-state index contributed by atoms with van der Waals surface area (Å²) in [5.41, 5.74) is 0. The highest BCUT2D eigenvalue weighted by molar-refractivity contribution is 6.56. The van der Waals surface area contributed by atoms with Crippen LogP contribution >= 0.6 is 69.6 Å². The van der Waals surface area contributed by atoms with E-state index in [1.807, 2.05) is 6.92 Å². The molecule has 146 valence electrons. The van der Waals surface area contributed by atoms with Gasteiger partial charge in [0.2, 0.25) is 0 Å². The molecule has 0 aliphatic rings. The molecule has 0 spiro atoms. The molecule has 0 aliphatic heterocycles. The molecule has 0 fully saturated rings. The van der Waals surface area contributed by atoms with Crippen molar-refractivity contribution in [2.24, 2.45) is 0 Å². The van der Waals surface area contributed by atoms with Gasteiger partial charge in [-0.05, 0) is 31.9 Å². The molecule has 1 unspecified atom stereocenters. The average molecular weight is 483 g/mol. The van der Waals surface area contributed by atoms with Crippen LogP contribution in [0.15, 0.2) is 33.3 Å². The summed E-state index contributed by atoms with van der Waals surface area (Å²) in [5.74, 6) is 0.906. The van der Waals surface area contributed by atoms with Gasteiger partial charge in [0.1, 0.15) is 21.3 Å². The Bertz CT molecular complexity index is 602. The maximum Gasteiger partial charge on any atom is 0.156 e. The Hall–Kier alpha value is -0.000000000000000111. The molecule has 0 aliphatic carbocycles. The lowest BCUT2D eigenvalue weighted by Gasteiger charge is -2.14. The van der Waals surface area contributed by atoms with Crippen molar-refractivity contribution in [3.05, 3.63) is 43.3 Å². The smallest absolute Gasteiger partial charge is 0.156 e. The van der Waals surface area contributed by atoms with Crippen molar-refractivity contribution in [3.63, 3.8) is 0 Å². The first-order valence-corrected chi connectivity index (χ1v) is 9.95. The maximum atomic E-state index is 6.20. The van der Waals surface area contributed by atoms with Crippen molar-refractivity contribution in [2.45, 2.75) is 25.9 Å². The molecule has 1 rings (SSSR count).